The van der Waals surface area contributed by atoms with Crippen molar-refractivity contribution in [1.29, 1.82) is 0 Å². The minimum absolute atomic E-state index is 0.0767. The summed E-state index contributed by atoms with van der Waals surface area (Å²) in [6.45, 7) is 6.40. The van der Waals surface area contributed by atoms with Gasteiger partial charge in [0, 0.05) is 6.42 Å². The Bertz CT molecular complexity index is 1040. The molecule has 0 spiro atoms. The van der Waals surface area contributed by atoms with Crippen molar-refractivity contribution in [1.82, 2.24) is 5.32 Å². The van der Waals surface area contributed by atoms with Crippen LogP contribution in [0, 0.1) is 0 Å². The lowest BCUT2D eigenvalue weighted by atomic mass is 10.0. The van der Waals surface area contributed by atoms with E-state index < -0.39 is 18.2 Å². The number of carbonyl (C=O) groups is 2. The van der Waals surface area contributed by atoms with Gasteiger partial charge in [0.15, 0.2) is 0 Å². The molecule has 1 amide bonds. The van der Waals surface area contributed by atoms with Crippen LogP contribution >= 0.6 is 0 Å². The molecular weight excluding hydrogens is 779 g/mol. The van der Waals surface area contributed by atoms with E-state index in [0.717, 1.165) is 70.6 Å². The number of ether oxygens (including phenoxy) is 1. The van der Waals surface area contributed by atoms with Gasteiger partial charge in [0.1, 0.15) is 6.10 Å². The fraction of sp³-hybridized carbons (Fsp3) is 0.860. The Kier molecular flexibility index (Phi) is 49.5. The summed E-state index contributed by atoms with van der Waals surface area (Å²) in [4.78, 5) is 26.2. The second-order valence-electron chi connectivity index (χ2n) is 19.0. The standard InChI is InChI=1S/C57H107NO5/c1-4-7-10-13-16-19-22-25-28-29-32-35-38-41-44-47-50-57(62)63-53(48-45-42-39-36-33-30-26-23-20-17-14-11-8-5-2)51-56(61)58-54(52-59)55(60)49-46-43-40-37-34-31-27-24-21-18-15-12-9-6-3/h7,10,16,19,25,28,53-55,59-60H,4-6,8-9,11-15,17-18,20-24,26-27,29-52H2,1-3H3,(H,58,61)/b10-7+,19-16+,28-25+. The molecule has 0 aliphatic rings. The predicted molar refractivity (Wildman–Crippen MR) is 273 cm³/mol. The molecule has 0 fully saturated rings. The van der Waals surface area contributed by atoms with Gasteiger partial charge in [-0.05, 0) is 57.8 Å². The highest BCUT2D eigenvalue weighted by atomic mass is 16.5. The number of allylic oxidation sites excluding steroid dienone is 6. The number of aliphatic hydroxyl groups is 2. The molecule has 6 heteroatoms. The van der Waals surface area contributed by atoms with Crippen LogP contribution in [-0.2, 0) is 14.3 Å². The van der Waals surface area contributed by atoms with E-state index in [1.807, 2.05) is 0 Å². The summed E-state index contributed by atoms with van der Waals surface area (Å²) in [5.74, 6) is -0.473. The number of amides is 1. The molecule has 0 bridgehead atoms. The first-order valence-corrected chi connectivity index (χ1v) is 27.7. The number of nitrogens with one attached hydrogen (secondary N) is 1. The molecule has 0 aromatic carbocycles. The fourth-order valence-corrected chi connectivity index (χ4v) is 8.56. The van der Waals surface area contributed by atoms with Crippen molar-refractivity contribution in [3.05, 3.63) is 36.5 Å². The van der Waals surface area contributed by atoms with E-state index in [1.54, 1.807) is 0 Å². The highest BCUT2D eigenvalue weighted by molar-refractivity contribution is 5.77. The smallest absolute Gasteiger partial charge is 0.306 e. The van der Waals surface area contributed by atoms with Gasteiger partial charge in [-0.15, -0.1) is 0 Å². The Labute approximate surface area is 392 Å². The summed E-state index contributed by atoms with van der Waals surface area (Å²) in [5, 5.41) is 23.8. The van der Waals surface area contributed by atoms with Crippen LogP contribution in [0.4, 0.5) is 0 Å². The summed E-state index contributed by atoms with van der Waals surface area (Å²) in [6, 6.07) is -0.701. The molecule has 3 atom stereocenters. The van der Waals surface area contributed by atoms with Crippen LogP contribution in [0.3, 0.4) is 0 Å². The first kappa shape index (κ1) is 61.1. The summed E-state index contributed by atoms with van der Waals surface area (Å²) >= 11 is 0. The molecule has 0 aliphatic carbocycles. The van der Waals surface area contributed by atoms with Crippen LogP contribution in [0.15, 0.2) is 36.5 Å². The monoisotopic (exact) mass is 886 g/mol. The van der Waals surface area contributed by atoms with Crippen molar-refractivity contribution in [2.24, 2.45) is 0 Å². The molecule has 0 aliphatic heterocycles. The second kappa shape index (κ2) is 51.1. The minimum Gasteiger partial charge on any atom is -0.462 e. The van der Waals surface area contributed by atoms with Gasteiger partial charge in [0.05, 0.1) is 25.2 Å². The number of hydrogen-bond acceptors (Lipinski definition) is 5. The van der Waals surface area contributed by atoms with Crippen molar-refractivity contribution < 1.29 is 24.5 Å². The molecule has 6 nitrogen and oxygen atoms in total. The van der Waals surface area contributed by atoms with Gasteiger partial charge >= 0.3 is 5.97 Å². The first-order valence-electron chi connectivity index (χ1n) is 27.7. The number of unbranched alkanes of at least 4 members (excludes halogenated alkanes) is 32. The molecule has 0 radical (unpaired) electrons. The Morgan fingerprint density at radius 2 is 0.857 bits per heavy atom. The van der Waals surface area contributed by atoms with Crippen molar-refractivity contribution in [3.8, 4) is 0 Å². The third-order valence-corrected chi connectivity index (χ3v) is 12.7. The van der Waals surface area contributed by atoms with E-state index >= 15 is 0 Å². The van der Waals surface area contributed by atoms with E-state index in [-0.39, 0.29) is 24.9 Å². The summed E-state index contributed by atoms with van der Waals surface area (Å²) in [7, 11) is 0. The molecule has 0 saturated carbocycles. The number of hydrogen-bond donors (Lipinski definition) is 3. The van der Waals surface area contributed by atoms with E-state index in [2.05, 4.69) is 62.5 Å². The second-order valence-corrected chi connectivity index (χ2v) is 19.0. The average Bonchev–Trinajstić information content (AvgIpc) is 3.28. The van der Waals surface area contributed by atoms with Crippen LogP contribution in [0.1, 0.15) is 290 Å². The quantitative estimate of drug-likeness (QED) is 0.0321. The van der Waals surface area contributed by atoms with Crippen LogP contribution in [0.25, 0.3) is 0 Å². The van der Waals surface area contributed by atoms with Gasteiger partial charge in [-0.3, -0.25) is 9.59 Å². The number of aliphatic hydroxyl groups excluding tert-OH is 2. The van der Waals surface area contributed by atoms with E-state index in [9.17, 15) is 19.8 Å². The number of rotatable bonds is 50. The predicted octanol–water partition coefficient (Wildman–Crippen LogP) is 16.8. The maximum atomic E-state index is 13.2. The van der Waals surface area contributed by atoms with Crippen LogP contribution < -0.4 is 5.32 Å². The van der Waals surface area contributed by atoms with E-state index in [4.69, 9.17) is 4.74 Å². The molecule has 0 heterocycles. The van der Waals surface area contributed by atoms with Gasteiger partial charge in [-0.25, -0.2) is 0 Å². The zero-order chi connectivity index (χ0) is 45.9. The third-order valence-electron chi connectivity index (χ3n) is 12.7. The minimum atomic E-state index is -0.787. The largest absolute Gasteiger partial charge is 0.462 e. The van der Waals surface area contributed by atoms with Crippen LogP contribution in [0.5, 0.6) is 0 Å². The van der Waals surface area contributed by atoms with Crippen LogP contribution in [-0.4, -0.2) is 46.9 Å². The first-order chi connectivity index (χ1) is 31.0. The summed E-state index contributed by atoms with van der Waals surface area (Å²) < 4.78 is 5.95. The Hall–Kier alpha value is -1.92. The van der Waals surface area contributed by atoms with E-state index in [1.165, 1.54) is 173 Å². The summed E-state index contributed by atoms with van der Waals surface area (Å²) in [5.41, 5.74) is 0. The average molecular weight is 886 g/mol. The lowest BCUT2D eigenvalue weighted by Gasteiger charge is -2.24. The number of carbonyl (C=O) groups excluding carboxylic acids is 2. The maximum Gasteiger partial charge on any atom is 0.306 e. The fourth-order valence-electron chi connectivity index (χ4n) is 8.56. The molecule has 63 heavy (non-hydrogen) atoms. The van der Waals surface area contributed by atoms with Gasteiger partial charge < -0.3 is 20.3 Å². The zero-order valence-electron chi connectivity index (χ0n) is 42.2. The van der Waals surface area contributed by atoms with Crippen LogP contribution in [0.2, 0.25) is 0 Å². The van der Waals surface area contributed by atoms with Crippen molar-refractivity contribution >= 4 is 11.9 Å². The lowest BCUT2D eigenvalue weighted by molar-refractivity contribution is -0.151. The maximum absolute atomic E-state index is 13.2. The molecule has 0 rings (SSSR count). The number of esters is 1. The van der Waals surface area contributed by atoms with Gasteiger partial charge in [-0.1, -0.05) is 256 Å². The van der Waals surface area contributed by atoms with Gasteiger partial charge in [0.2, 0.25) is 5.91 Å². The molecule has 0 aromatic rings. The normalized spacial score (nSPS) is 13.4. The van der Waals surface area contributed by atoms with Crippen molar-refractivity contribution in [2.45, 2.75) is 309 Å². The highest BCUT2D eigenvalue weighted by Crippen LogP contribution is 2.19. The molecule has 370 valence electrons. The van der Waals surface area contributed by atoms with Crippen molar-refractivity contribution in [2.75, 3.05) is 6.61 Å². The molecule has 0 saturated heterocycles. The zero-order valence-corrected chi connectivity index (χ0v) is 42.2. The Morgan fingerprint density at radius 1 is 0.476 bits per heavy atom. The lowest BCUT2D eigenvalue weighted by Crippen LogP contribution is -2.46. The molecule has 3 unspecified atom stereocenters. The third kappa shape index (κ3) is 46.4. The van der Waals surface area contributed by atoms with E-state index in [0.29, 0.717) is 19.3 Å². The topological polar surface area (TPSA) is 95.9 Å². The summed E-state index contributed by atoms with van der Waals surface area (Å²) in [6.07, 6.45) is 60.6. The van der Waals surface area contributed by atoms with Crippen molar-refractivity contribution in [3.63, 3.8) is 0 Å². The van der Waals surface area contributed by atoms with Gasteiger partial charge in [-0.2, -0.15) is 0 Å². The molecule has 3 N–H and O–H groups in total. The highest BCUT2D eigenvalue weighted by Gasteiger charge is 2.24. The molecular formula is C57H107NO5. The van der Waals surface area contributed by atoms with Gasteiger partial charge in [0.25, 0.3) is 0 Å². The Morgan fingerprint density at radius 3 is 1.30 bits per heavy atom. The molecule has 0 aromatic heterocycles. The Balaban J connectivity index is 4.55. The SMILES string of the molecule is CC/C=C/C/C=C/C/C=C/CCCCCCCCC(=O)OC(CCCCCCCCCCCCCCCC)CC(=O)NC(CO)C(O)CCCCCCCCCCCCCCCC.